The highest BCUT2D eigenvalue weighted by Crippen LogP contribution is 2.11. The van der Waals surface area contributed by atoms with Gasteiger partial charge in [0.15, 0.2) is 0 Å². The van der Waals surface area contributed by atoms with Crippen LogP contribution in [0.3, 0.4) is 0 Å². The van der Waals surface area contributed by atoms with E-state index in [4.69, 9.17) is 0 Å². The highest BCUT2D eigenvalue weighted by molar-refractivity contribution is 9.10. The maximum atomic E-state index is 11.9. The van der Waals surface area contributed by atoms with Crippen molar-refractivity contribution in [2.75, 3.05) is 0 Å². The monoisotopic (exact) mass is 342 g/mol. The normalized spacial score (nSPS) is 10.3. The molecule has 1 amide bonds. The number of hydrogen-bond acceptors (Lipinski definition) is 2. The molecule has 4 heteroatoms. The zero-order valence-electron chi connectivity index (χ0n) is 11.3. The number of allylic oxidation sites excluding steroid dienone is 1. The second-order valence-corrected chi connectivity index (χ2v) is 5.27. The third-order valence-electron chi connectivity index (χ3n) is 2.70. The fourth-order valence-electron chi connectivity index (χ4n) is 1.64. The van der Waals surface area contributed by atoms with Crippen molar-refractivity contribution in [2.45, 2.75) is 0 Å². The summed E-state index contributed by atoms with van der Waals surface area (Å²) in [7, 11) is 0. The average molecular weight is 343 g/mol. The Morgan fingerprint density at radius 1 is 1.05 bits per heavy atom. The van der Waals surface area contributed by atoms with Gasteiger partial charge < -0.3 is 0 Å². The molecular formula is C17H15BrN2O. The Morgan fingerprint density at radius 2 is 1.81 bits per heavy atom. The molecule has 2 aromatic carbocycles. The molecule has 21 heavy (non-hydrogen) atoms. The van der Waals surface area contributed by atoms with E-state index in [2.05, 4.69) is 33.4 Å². The van der Waals surface area contributed by atoms with Crippen molar-refractivity contribution in [1.82, 2.24) is 10.9 Å². The van der Waals surface area contributed by atoms with Gasteiger partial charge in [-0.05, 0) is 29.8 Å². The van der Waals surface area contributed by atoms with Crippen molar-refractivity contribution in [1.29, 1.82) is 0 Å². The van der Waals surface area contributed by atoms with Crippen LogP contribution in [0.2, 0.25) is 0 Å². The molecule has 2 N–H and O–H groups in total. The summed E-state index contributed by atoms with van der Waals surface area (Å²) in [6, 6.07) is 17.0. The quantitative estimate of drug-likeness (QED) is 0.638. The number of amides is 1. The highest BCUT2D eigenvalue weighted by atomic mass is 79.9. The van der Waals surface area contributed by atoms with Crippen LogP contribution in [0.5, 0.6) is 0 Å². The molecule has 2 rings (SSSR count). The molecule has 0 aliphatic rings. The van der Waals surface area contributed by atoms with Gasteiger partial charge in [0.2, 0.25) is 0 Å². The van der Waals surface area contributed by atoms with Gasteiger partial charge in [0.05, 0.1) is 0 Å². The first-order chi connectivity index (χ1) is 10.1. The van der Waals surface area contributed by atoms with Gasteiger partial charge in [-0.2, -0.15) is 0 Å². The first kappa shape index (κ1) is 15.1. The third-order valence-corrected chi connectivity index (χ3v) is 3.19. The van der Waals surface area contributed by atoms with Gasteiger partial charge in [0.25, 0.3) is 5.91 Å². The highest BCUT2D eigenvalue weighted by Gasteiger charge is 2.04. The van der Waals surface area contributed by atoms with E-state index in [9.17, 15) is 4.79 Å². The fourth-order valence-corrected chi connectivity index (χ4v) is 2.04. The van der Waals surface area contributed by atoms with Crippen molar-refractivity contribution < 1.29 is 4.79 Å². The largest absolute Gasteiger partial charge is 0.299 e. The average Bonchev–Trinajstić information content (AvgIpc) is 2.51. The lowest BCUT2D eigenvalue weighted by Gasteiger charge is -2.08. The minimum absolute atomic E-state index is 0.217. The van der Waals surface area contributed by atoms with E-state index >= 15 is 0 Å². The summed E-state index contributed by atoms with van der Waals surface area (Å²) in [6.45, 7) is 3.83. The van der Waals surface area contributed by atoms with Crippen LogP contribution < -0.4 is 10.9 Å². The first-order valence-electron chi connectivity index (χ1n) is 6.39. The van der Waals surface area contributed by atoms with Crippen LogP contribution in [0.1, 0.15) is 15.9 Å². The summed E-state index contributed by atoms with van der Waals surface area (Å²) in [5.74, 6) is -0.217. The summed E-state index contributed by atoms with van der Waals surface area (Å²) in [5.41, 5.74) is 7.61. The van der Waals surface area contributed by atoms with Crippen LogP contribution in [0, 0.1) is 0 Å². The van der Waals surface area contributed by atoms with Gasteiger partial charge in [-0.3, -0.25) is 15.6 Å². The molecule has 0 unspecified atom stereocenters. The van der Waals surface area contributed by atoms with Crippen LogP contribution in [0.25, 0.3) is 6.08 Å². The van der Waals surface area contributed by atoms with Crippen LogP contribution in [-0.2, 0) is 0 Å². The Balaban J connectivity index is 1.87. The third kappa shape index (κ3) is 4.93. The Hall–Kier alpha value is -2.33. The molecule has 0 heterocycles. The lowest BCUT2D eigenvalue weighted by Crippen LogP contribution is -2.35. The summed E-state index contributed by atoms with van der Waals surface area (Å²) < 4.78 is 0.859. The van der Waals surface area contributed by atoms with E-state index in [-0.39, 0.29) is 5.91 Å². The molecule has 0 saturated carbocycles. The molecule has 106 valence electrons. The molecule has 0 aliphatic carbocycles. The Kier molecular flexibility index (Phi) is 5.35. The van der Waals surface area contributed by atoms with Gasteiger partial charge in [-0.25, -0.2) is 0 Å². The van der Waals surface area contributed by atoms with Gasteiger partial charge in [0.1, 0.15) is 0 Å². The zero-order chi connectivity index (χ0) is 15.1. The maximum Gasteiger partial charge on any atom is 0.269 e. The van der Waals surface area contributed by atoms with Crippen molar-refractivity contribution >= 4 is 27.9 Å². The van der Waals surface area contributed by atoms with Gasteiger partial charge in [0, 0.05) is 15.7 Å². The minimum atomic E-state index is -0.217. The van der Waals surface area contributed by atoms with Crippen molar-refractivity contribution in [2.24, 2.45) is 0 Å². The Bertz CT molecular complexity index is 666. The van der Waals surface area contributed by atoms with E-state index in [0.717, 1.165) is 10.0 Å². The molecule has 0 aromatic heterocycles. The topological polar surface area (TPSA) is 41.1 Å². The minimum Gasteiger partial charge on any atom is -0.299 e. The standard InChI is InChI=1S/C17H15BrN2O/c1-13(10-11-14-6-3-2-4-7-14)19-20-17(21)15-8-5-9-16(18)12-15/h2-12,19H,1H2,(H,20,21). The summed E-state index contributed by atoms with van der Waals surface area (Å²) in [4.78, 5) is 11.9. The van der Waals surface area contributed by atoms with Crippen LogP contribution in [0.15, 0.2) is 77.4 Å². The van der Waals surface area contributed by atoms with Crippen molar-refractivity contribution in [3.63, 3.8) is 0 Å². The number of nitrogens with one attached hydrogen (secondary N) is 2. The van der Waals surface area contributed by atoms with Crippen molar-refractivity contribution in [3.05, 3.63) is 88.5 Å². The predicted octanol–water partition coefficient (Wildman–Crippen LogP) is 3.91. The molecule has 0 saturated heterocycles. The van der Waals surface area contributed by atoms with E-state index in [1.165, 1.54) is 0 Å². The van der Waals surface area contributed by atoms with E-state index in [1.807, 2.05) is 48.5 Å². The summed E-state index contributed by atoms with van der Waals surface area (Å²) in [6.07, 6.45) is 3.72. The molecule has 2 aromatic rings. The van der Waals surface area contributed by atoms with Gasteiger partial charge in [-0.1, -0.05) is 65.0 Å². The smallest absolute Gasteiger partial charge is 0.269 e. The fraction of sp³-hybridized carbons (Fsp3) is 0. The Labute approximate surface area is 132 Å². The van der Waals surface area contributed by atoms with Gasteiger partial charge >= 0.3 is 0 Å². The Morgan fingerprint density at radius 3 is 2.52 bits per heavy atom. The SMILES string of the molecule is C=C(C=Cc1ccccc1)NNC(=O)c1cccc(Br)c1. The number of carbonyl (C=O) groups excluding carboxylic acids is 1. The molecule has 0 atom stereocenters. The predicted molar refractivity (Wildman–Crippen MR) is 89.4 cm³/mol. The number of halogens is 1. The molecule has 0 fully saturated rings. The molecular weight excluding hydrogens is 328 g/mol. The molecule has 0 bridgehead atoms. The lowest BCUT2D eigenvalue weighted by atomic mass is 10.2. The molecule has 3 nitrogen and oxygen atoms in total. The number of benzene rings is 2. The first-order valence-corrected chi connectivity index (χ1v) is 7.18. The number of hydrazine groups is 1. The lowest BCUT2D eigenvalue weighted by molar-refractivity contribution is 0.0939. The molecule has 0 spiro atoms. The van der Waals surface area contributed by atoms with Crippen molar-refractivity contribution in [3.8, 4) is 0 Å². The maximum absolute atomic E-state index is 11.9. The second-order valence-electron chi connectivity index (χ2n) is 4.36. The second kappa shape index (κ2) is 7.45. The zero-order valence-corrected chi connectivity index (χ0v) is 12.9. The van der Waals surface area contributed by atoms with E-state index < -0.39 is 0 Å². The van der Waals surface area contributed by atoms with Crippen LogP contribution >= 0.6 is 15.9 Å². The van der Waals surface area contributed by atoms with E-state index in [0.29, 0.717) is 11.3 Å². The van der Waals surface area contributed by atoms with Gasteiger partial charge in [-0.15, -0.1) is 0 Å². The number of carbonyl (C=O) groups is 1. The number of rotatable bonds is 5. The summed E-state index contributed by atoms with van der Waals surface area (Å²) in [5, 5.41) is 0. The molecule has 0 aliphatic heterocycles. The number of hydrogen-bond donors (Lipinski definition) is 2. The van der Waals surface area contributed by atoms with E-state index in [1.54, 1.807) is 18.2 Å². The summed E-state index contributed by atoms with van der Waals surface area (Å²) >= 11 is 3.33. The van der Waals surface area contributed by atoms with Crippen LogP contribution in [0.4, 0.5) is 0 Å². The van der Waals surface area contributed by atoms with Crippen LogP contribution in [-0.4, -0.2) is 5.91 Å². The molecule has 0 radical (unpaired) electrons.